The average molecular weight is 316 g/mol. The van der Waals surface area contributed by atoms with E-state index < -0.39 is 0 Å². The fourth-order valence-electron chi connectivity index (χ4n) is 2.35. The molecule has 1 aromatic carbocycles. The summed E-state index contributed by atoms with van der Waals surface area (Å²) >= 11 is 3.27. The van der Waals surface area contributed by atoms with Gasteiger partial charge in [-0.3, -0.25) is 4.90 Å². The molecule has 0 amide bonds. The van der Waals surface area contributed by atoms with Gasteiger partial charge in [-0.15, -0.1) is 0 Å². The number of nitrogens with two attached hydrogens (primary N) is 1. The summed E-state index contributed by atoms with van der Waals surface area (Å²) in [5.41, 5.74) is 6.53. The fourth-order valence-corrected chi connectivity index (χ4v) is 2.87. The highest BCUT2D eigenvalue weighted by Crippen LogP contribution is 2.22. The van der Waals surface area contributed by atoms with Crippen molar-refractivity contribution in [3.63, 3.8) is 0 Å². The summed E-state index contributed by atoms with van der Waals surface area (Å²) in [7, 11) is 0. The minimum absolute atomic E-state index is 0.0583. The van der Waals surface area contributed by atoms with Gasteiger partial charge < -0.3 is 10.9 Å². The SMILES string of the molecule is NC(=NO)C1CCCN1Cc1cc(F)cc(Br)c1. The van der Waals surface area contributed by atoms with Gasteiger partial charge in [-0.2, -0.15) is 0 Å². The third kappa shape index (κ3) is 3.00. The molecule has 98 valence electrons. The van der Waals surface area contributed by atoms with Crippen LogP contribution in [0.15, 0.2) is 27.8 Å². The monoisotopic (exact) mass is 315 g/mol. The Labute approximate surface area is 113 Å². The van der Waals surface area contributed by atoms with Crippen LogP contribution in [0.5, 0.6) is 0 Å². The number of likely N-dealkylation sites (tertiary alicyclic amines) is 1. The van der Waals surface area contributed by atoms with Crippen LogP contribution in [0.3, 0.4) is 0 Å². The molecule has 0 bridgehead atoms. The predicted octanol–water partition coefficient (Wildman–Crippen LogP) is 2.30. The minimum atomic E-state index is -0.265. The molecule has 4 nitrogen and oxygen atoms in total. The van der Waals surface area contributed by atoms with Gasteiger partial charge >= 0.3 is 0 Å². The van der Waals surface area contributed by atoms with Crippen LogP contribution < -0.4 is 5.73 Å². The van der Waals surface area contributed by atoms with E-state index in [2.05, 4.69) is 26.0 Å². The average Bonchev–Trinajstić information content (AvgIpc) is 2.74. The van der Waals surface area contributed by atoms with Gasteiger partial charge in [-0.25, -0.2) is 4.39 Å². The lowest BCUT2D eigenvalue weighted by Gasteiger charge is -2.23. The Balaban J connectivity index is 2.13. The maximum absolute atomic E-state index is 13.3. The zero-order valence-electron chi connectivity index (χ0n) is 9.81. The van der Waals surface area contributed by atoms with Crippen molar-refractivity contribution in [3.8, 4) is 0 Å². The van der Waals surface area contributed by atoms with Crippen LogP contribution in [0.1, 0.15) is 18.4 Å². The molecule has 0 radical (unpaired) electrons. The maximum Gasteiger partial charge on any atom is 0.156 e. The lowest BCUT2D eigenvalue weighted by molar-refractivity contribution is 0.274. The Hall–Kier alpha value is -1.14. The molecule has 2 rings (SSSR count). The van der Waals surface area contributed by atoms with Gasteiger partial charge in [0.05, 0.1) is 6.04 Å². The van der Waals surface area contributed by atoms with Gasteiger partial charge in [-0.1, -0.05) is 21.1 Å². The second-order valence-electron chi connectivity index (χ2n) is 4.43. The van der Waals surface area contributed by atoms with E-state index in [9.17, 15) is 4.39 Å². The molecule has 1 aliphatic heterocycles. The molecule has 1 fully saturated rings. The molecule has 1 aliphatic rings. The molecular formula is C12H15BrFN3O. The molecule has 1 atom stereocenters. The molecule has 1 aromatic rings. The molecule has 3 N–H and O–H groups in total. The summed E-state index contributed by atoms with van der Waals surface area (Å²) in [5, 5.41) is 11.8. The van der Waals surface area contributed by atoms with Crippen LogP contribution in [-0.4, -0.2) is 28.5 Å². The van der Waals surface area contributed by atoms with Gasteiger partial charge in [0.25, 0.3) is 0 Å². The number of rotatable bonds is 3. The third-order valence-corrected chi connectivity index (χ3v) is 3.59. The first kappa shape index (κ1) is 13.3. The minimum Gasteiger partial charge on any atom is -0.409 e. The summed E-state index contributed by atoms with van der Waals surface area (Å²) in [5.74, 6) is -0.0399. The van der Waals surface area contributed by atoms with Crippen LogP contribution in [0.4, 0.5) is 4.39 Å². The highest BCUT2D eigenvalue weighted by molar-refractivity contribution is 9.10. The largest absolute Gasteiger partial charge is 0.409 e. The summed E-state index contributed by atoms with van der Waals surface area (Å²) in [6.45, 7) is 1.46. The molecule has 0 saturated carbocycles. The summed E-state index contributed by atoms with van der Waals surface area (Å²) in [6, 6.07) is 4.75. The number of oxime groups is 1. The van der Waals surface area contributed by atoms with Crippen LogP contribution in [0.2, 0.25) is 0 Å². The number of nitrogens with zero attached hydrogens (tertiary/aromatic N) is 2. The van der Waals surface area contributed by atoms with Gasteiger partial charge in [-0.05, 0) is 43.1 Å². The Morgan fingerprint density at radius 2 is 2.33 bits per heavy atom. The highest BCUT2D eigenvalue weighted by Gasteiger charge is 2.28. The zero-order chi connectivity index (χ0) is 13.1. The van der Waals surface area contributed by atoms with Crippen molar-refractivity contribution in [2.75, 3.05) is 6.54 Å². The Bertz CT molecular complexity index is 446. The molecule has 6 heteroatoms. The molecule has 0 aliphatic carbocycles. The predicted molar refractivity (Wildman–Crippen MR) is 70.9 cm³/mol. The quantitative estimate of drug-likeness (QED) is 0.389. The number of halogens is 2. The molecule has 1 unspecified atom stereocenters. The van der Waals surface area contributed by atoms with Gasteiger partial charge in [0, 0.05) is 11.0 Å². The second-order valence-corrected chi connectivity index (χ2v) is 5.35. The van der Waals surface area contributed by atoms with E-state index in [1.807, 2.05) is 6.07 Å². The van der Waals surface area contributed by atoms with Gasteiger partial charge in [0.15, 0.2) is 5.84 Å². The lowest BCUT2D eigenvalue weighted by Crippen LogP contribution is -2.40. The van der Waals surface area contributed by atoms with Crippen molar-refractivity contribution in [2.45, 2.75) is 25.4 Å². The van der Waals surface area contributed by atoms with Crippen LogP contribution in [0.25, 0.3) is 0 Å². The van der Waals surface area contributed by atoms with Crippen molar-refractivity contribution >= 4 is 21.8 Å². The number of amidine groups is 1. The van der Waals surface area contributed by atoms with Gasteiger partial charge in [0.1, 0.15) is 5.82 Å². The summed E-state index contributed by atoms with van der Waals surface area (Å²) in [4.78, 5) is 2.09. The normalized spacial score (nSPS) is 21.4. The van der Waals surface area contributed by atoms with Crippen molar-refractivity contribution in [1.29, 1.82) is 0 Å². The Morgan fingerprint density at radius 3 is 3.00 bits per heavy atom. The molecular weight excluding hydrogens is 301 g/mol. The zero-order valence-corrected chi connectivity index (χ0v) is 11.4. The van der Waals surface area contributed by atoms with Crippen LogP contribution in [0, 0.1) is 5.82 Å². The first-order chi connectivity index (χ1) is 8.60. The molecule has 1 heterocycles. The standard InChI is InChI=1S/C12H15BrFN3O/c13-9-4-8(5-10(14)6-9)7-17-3-1-2-11(17)12(15)16-18/h4-6,11,18H,1-3,7H2,(H2,15,16). The Morgan fingerprint density at radius 1 is 1.56 bits per heavy atom. The van der Waals surface area contributed by atoms with E-state index in [1.54, 1.807) is 0 Å². The molecule has 0 aromatic heterocycles. The van der Waals surface area contributed by atoms with Crippen molar-refractivity contribution in [3.05, 3.63) is 34.1 Å². The van der Waals surface area contributed by atoms with E-state index in [1.165, 1.54) is 12.1 Å². The Kier molecular flexibility index (Phi) is 4.19. The first-order valence-electron chi connectivity index (χ1n) is 5.76. The van der Waals surface area contributed by atoms with Crippen LogP contribution >= 0.6 is 15.9 Å². The smallest absolute Gasteiger partial charge is 0.156 e. The molecule has 1 saturated heterocycles. The number of benzene rings is 1. The van der Waals surface area contributed by atoms with E-state index in [0.717, 1.165) is 29.4 Å². The fraction of sp³-hybridized carbons (Fsp3) is 0.417. The highest BCUT2D eigenvalue weighted by atomic mass is 79.9. The topological polar surface area (TPSA) is 61.9 Å². The van der Waals surface area contributed by atoms with Crippen molar-refractivity contribution in [2.24, 2.45) is 10.9 Å². The van der Waals surface area contributed by atoms with E-state index in [0.29, 0.717) is 6.54 Å². The van der Waals surface area contributed by atoms with Gasteiger partial charge in [0.2, 0.25) is 0 Å². The first-order valence-corrected chi connectivity index (χ1v) is 6.56. The second kappa shape index (κ2) is 5.67. The lowest BCUT2D eigenvalue weighted by atomic mass is 10.1. The van der Waals surface area contributed by atoms with Crippen LogP contribution in [-0.2, 0) is 6.54 Å². The maximum atomic E-state index is 13.3. The number of hydrogen-bond acceptors (Lipinski definition) is 3. The number of hydrogen-bond donors (Lipinski definition) is 2. The molecule has 0 spiro atoms. The summed E-state index contributed by atoms with van der Waals surface area (Å²) < 4.78 is 14.0. The third-order valence-electron chi connectivity index (χ3n) is 3.13. The van der Waals surface area contributed by atoms with E-state index >= 15 is 0 Å². The molecule has 18 heavy (non-hydrogen) atoms. The van der Waals surface area contributed by atoms with Crippen molar-refractivity contribution < 1.29 is 9.60 Å². The van der Waals surface area contributed by atoms with Crippen molar-refractivity contribution in [1.82, 2.24) is 4.90 Å². The summed E-state index contributed by atoms with van der Waals surface area (Å²) in [6.07, 6.45) is 1.86. The van der Waals surface area contributed by atoms with E-state index in [-0.39, 0.29) is 17.7 Å². The van der Waals surface area contributed by atoms with E-state index in [4.69, 9.17) is 10.9 Å².